The molecule has 146 valence electrons. The fourth-order valence-corrected chi connectivity index (χ4v) is 6.49. The topological polar surface area (TPSA) is 61.2 Å². The Labute approximate surface area is 161 Å². The summed E-state index contributed by atoms with van der Waals surface area (Å²) in [4.78, 5) is 12.5. The number of nitrogens with zero attached hydrogens (tertiary/aromatic N) is 2. The summed E-state index contributed by atoms with van der Waals surface area (Å²) in [6.07, 6.45) is 4.46. The molecule has 0 amide bonds. The summed E-state index contributed by atoms with van der Waals surface area (Å²) in [6.45, 7) is 8.31. The van der Waals surface area contributed by atoms with Crippen LogP contribution in [0.1, 0.15) is 62.3 Å². The van der Waals surface area contributed by atoms with Crippen LogP contribution in [-0.4, -0.2) is 34.7 Å². The number of carbonyl (C=O) groups is 1. The number of carbonyl (C=O) groups excluding carboxylic acids is 1. The fourth-order valence-electron chi connectivity index (χ4n) is 3.48. The zero-order valence-electron chi connectivity index (χ0n) is 16.7. The molecule has 0 atom stereocenters. The molecular weight excluding hydrogens is 359 g/mol. The third kappa shape index (κ3) is 4.52. The monoisotopic (exact) mass is 388 g/mol. The molecule has 1 aromatic carbocycles. The lowest BCUT2D eigenvalue weighted by Gasteiger charge is -2.14. The van der Waals surface area contributed by atoms with Crippen molar-refractivity contribution in [2.24, 2.45) is 0 Å². The van der Waals surface area contributed by atoms with Crippen molar-refractivity contribution in [2.75, 3.05) is 18.9 Å². The summed E-state index contributed by atoms with van der Waals surface area (Å²) >= 11 is 0. The largest absolute Gasteiger partial charge is 0.461 e. The van der Waals surface area contributed by atoms with Crippen LogP contribution in [0.15, 0.2) is 30.3 Å². The third-order valence-corrected chi connectivity index (χ3v) is 8.17. The standard InChI is InChI=1S/C21H29N2O3P/c1-5-26-20(24)18-14-19(21(2,3)4)22-23(18)17-10-8-9-16(13-17)15-27(25)11-6-7-12-27/h8-10,13-14H,5-7,11-12,15H2,1-4H3. The fraction of sp³-hybridized carbons (Fsp3) is 0.524. The van der Waals surface area contributed by atoms with E-state index < -0.39 is 7.14 Å². The van der Waals surface area contributed by atoms with Crippen molar-refractivity contribution in [3.8, 4) is 5.69 Å². The summed E-state index contributed by atoms with van der Waals surface area (Å²) in [5.41, 5.74) is 2.92. The number of esters is 1. The average molecular weight is 388 g/mol. The molecule has 1 saturated heterocycles. The molecule has 2 heterocycles. The average Bonchev–Trinajstić information content (AvgIpc) is 3.22. The molecule has 0 spiro atoms. The van der Waals surface area contributed by atoms with Crippen LogP contribution in [0.3, 0.4) is 0 Å². The Kier molecular flexibility index (Phi) is 5.62. The highest BCUT2D eigenvalue weighted by Crippen LogP contribution is 2.54. The molecule has 6 heteroatoms. The van der Waals surface area contributed by atoms with Gasteiger partial charge in [0, 0.05) is 23.9 Å². The van der Waals surface area contributed by atoms with Gasteiger partial charge in [-0.2, -0.15) is 5.10 Å². The van der Waals surface area contributed by atoms with E-state index in [4.69, 9.17) is 9.84 Å². The van der Waals surface area contributed by atoms with Crippen LogP contribution in [0.25, 0.3) is 5.69 Å². The van der Waals surface area contributed by atoms with E-state index in [-0.39, 0.29) is 11.4 Å². The van der Waals surface area contributed by atoms with Gasteiger partial charge in [0.05, 0.1) is 25.1 Å². The quantitative estimate of drug-likeness (QED) is 0.534. The van der Waals surface area contributed by atoms with Gasteiger partial charge in [0.15, 0.2) is 5.69 Å². The summed E-state index contributed by atoms with van der Waals surface area (Å²) in [7, 11) is -2.09. The molecule has 1 aromatic heterocycles. The second kappa shape index (κ2) is 7.63. The molecule has 0 aliphatic carbocycles. The van der Waals surface area contributed by atoms with Gasteiger partial charge >= 0.3 is 5.97 Å². The smallest absolute Gasteiger partial charge is 0.357 e. The minimum absolute atomic E-state index is 0.182. The SMILES string of the molecule is CCOC(=O)c1cc(C(C)(C)C)nn1-c1cccc(CP2(=O)CCCC2)c1. The lowest BCUT2D eigenvalue weighted by Crippen LogP contribution is -2.13. The van der Waals surface area contributed by atoms with Gasteiger partial charge in [-0.3, -0.25) is 0 Å². The summed E-state index contributed by atoms with van der Waals surface area (Å²) < 4.78 is 19.8. The highest BCUT2D eigenvalue weighted by Gasteiger charge is 2.28. The van der Waals surface area contributed by atoms with Crippen molar-refractivity contribution in [2.45, 2.75) is 52.1 Å². The molecular formula is C21H29N2O3P. The molecule has 27 heavy (non-hydrogen) atoms. The molecule has 1 fully saturated rings. The second-order valence-electron chi connectivity index (χ2n) is 8.34. The Morgan fingerprint density at radius 1 is 1.22 bits per heavy atom. The van der Waals surface area contributed by atoms with Crippen molar-refractivity contribution in [1.29, 1.82) is 0 Å². The molecule has 2 aromatic rings. The Hall–Kier alpha value is -1.87. The van der Waals surface area contributed by atoms with Gasteiger partial charge in [0.2, 0.25) is 0 Å². The van der Waals surface area contributed by atoms with Crippen LogP contribution < -0.4 is 0 Å². The lowest BCUT2D eigenvalue weighted by atomic mass is 9.92. The van der Waals surface area contributed by atoms with Gasteiger partial charge in [-0.25, -0.2) is 9.48 Å². The minimum Gasteiger partial charge on any atom is -0.461 e. The van der Waals surface area contributed by atoms with Crippen LogP contribution in [0.4, 0.5) is 0 Å². The number of rotatable bonds is 5. The Bertz CT molecular complexity index is 870. The molecule has 0 radical (unpaired) electrons. The molecule has 0 saturated carbocycles. The number of benzene rings is 1. The van der Waals surface area contributed by atoms with E-state index in [0.29, 0.717) is 18.5 Å². The van der Waals surface area contributed by atoms with Crippen molar-refractivity contribution < 1.29 is 14.1 Å². The maximum Gasteiger partial charge on any atom is 0.357 e. The van der Waals surface area contributed by atoms with Crippen molar-refractivity contribution in [3.05, 3.63) is 47.3 Å². The van der Waals surface area contributed by atoms with Gasteiger partial charge in [0.1, 0.15) is 0 Å². The summed E-state index contributed by atoms with van der Waals surface area (Å²) in [5.74, 6) is -0.380. The Morgan fingerprint density at radius 3 is 2.56 bits per heavy atom. The maximum absolute atomic E-state index is 12.9. The number of ether oxygens (including phenoxy) is 1. The van der Waals surface area contributed by atoms with Gasteiger partial charge in [0.25, 0.3) is 0 Å². The van der Waals surface area contributed by atoms with E-state index in [1.807, 2.05) is 30.3 Å². The van der Waals surface area contributed by atoms with E-state index >= 15 is 0 Å². The van der Waals surface area contributed by atoms with Crippen molar-refractivity contribution >= 4 is 13.1 Å². The van der Waals surface area contributed by atoms with Gasteiger partial charge in [-0.05, 0) is 43.5 Å². The van der Waals surface area contributed by atoms with E-state index in [2.05, 4.69) is 20.8 Å². The molecule has 0 bridgehead atoms. The van der Waals surface area contributed by atoms with E-state index in [1.165, 1.54) is 0 Å². The van der Waals surface area contributed by atoms with Crippen molar-refractivity contribution in [3.63, 3.8) is 0 Å². The molecule has 3 rings (SSSR count). The van der Waals surface area contributed by atoms with Crippen LogP contribution in [0, 0.1) is 0 Å². The predicted molar refractivity (Wildman–Crippen MR) is 108 cm³/mol. The zero-order chi connectivity index (χ0) is 19.7. The van der Waals surface area contributed by atoms with Crippen LogP contribution in [0.2, 0.25) is 0 Å². The zero-order valence-corrected chi connectivity index (χ0v) is 17.6. The summed E-state index contributed by atoms with van der Waals surface area (Å²) in [6, 6.07) is 9.69. The Balaban J connectivity index is 1.99. The highest BCUT2D eigenvalue weighted by molar-refractivity contribution is 7.63. The number of hydrogen-bond acceptors (Lipinski definition) is 4. The molecule has 5 nitrogen and oxygen atoms in total. The summed E-state index contributed by atoms with van der Waals surface area (Å²) in [5, 5.41) is 4.69. The molecule has 0 N–H and O–H groups in total. The van der Waals surface area contributed by atoms with Crippen LogP contribution in [0.5, 0.6) is 0 Å². The van der Waals surface area contributed by atoms with Gasteiger partial charge < -0.3 is 9.30 Å². The second-order valence-corrected chi connectivity index (χ2v) is 11.7. The van der Waals surface area contributed by atoms with Crippen molar-refractivity contribution in [1.82, 2.24) is 9.78 Å². The first-order valence-corrected chi connectivity index (χ1v) is 11.9. The number of hydrogen-bond donors (Lipinski definition) is 0. The molecule has 1 aliphatic heterocycles. The van der Waals surface area contributed by atoms with E-state index in [1.54, 1.807) is 11.6 Å². The van der Waals surface area contributed by atoms with Gasteiger partial charge in [-0.1, -0.05) is 32.9 Å². The predicted octanol–water partition coefficient (Wildman–Crippen LogP) is 5.00. The number of aromatic nitrogens is 2. The maximum atomic E-state index is 12.9. The van der Waals surface area contributed by atoms with E-state index in [0.717, 1.165) is 42.1 Å². The first kappa shape index (κ1) is 19.9. The highest BCUT2D eigenvalue weighted by atomic mass is 31.2. The third-order valence-electron chi connectivity index (χ3n) is 4.97. The molecule has 0 unspecified atom stereocenters. The minimum atomic E-state index is -2.09. The molecule has 1 aliphatic rings. The lowest BCUT2D eigenvalue weighted by molar-refractivity contribution is 0.0515. The normalized spacial score (nSPS) is 16.4. The Morgan fingerprint density at radius 2 is 1.93 bits per heavy atom. The van der Waals surface area contributed by atoms with Crippen LogP contribution >= 0.6 is 7.14 Å². The van der Waals surface area contributed by atoms with Gasteiger partial charge in [-0.15, -0.1) is 0 Å². The first-order chi connectivity index (χ1) is 12.7. The van der Waals surface area contributed by atoms with E-state index in [9.17, 15) is 9.36 Å². The first-order valence-electron chi connectivity index (χ1n) is 9.66. The van der Waals surface area contributed by atoms with Crippen LogP contribution in [-0.2, 0) is 20.9 Å².